The number of benzene rings is 3. The number of alkyl halides is 2. The molecule has 284 valence electrons. The average molecular weight is 832 g/mol. The number of aromatic nitrogens is 3. The molecule has 13 nitrogen and oxygen atoms in total. The van der Waals surface area contributed by atoms with Crippen molar-refractivity contribution in [3.8, 4) is 11.5 Å². The molecule has 7 rings (SSSR count). The van der Waals surface area contributed by atoms with Gasteiger partial charge in [0.15, 0.2) is 38.8 Å². The van der Waals surface area contributed by atoms with Gasteiger partial charge in [0, 0.05) is 63.2 Å². The summed E-state index contributed by atoms with van der Waals surface area (Å²) in [6, 6.07) is 10.5. The molecule has 3 aromatic heterocycles. The van der Waals surface area contributed by atoms with Gasteiger partial charge in [0.2, 0.25) is 5.95 Å². The molecule has 1 aliphatic rings. The lowest BCUT2D eigenvalue weighted by Crippen LogP contribution is -2.25. The maximum absolute atomic E-state index is 14.2. The van der Waals surface area contributed by atoms with Gasteiger partial charge in [0.05, 0.1) is 10.6 Å². The Labute approximate surface area is 307 Å². The van der Waals surface area contributed by atoms with Crippen molar-refractivity contribution in [3.63, 3.8) is 0 Å². The molecule has 1 aliphatic heterocycles. The number of anilines is 2. The van der Waals surface area contributed by atoms with Gasteiger partial charge in [-0.2, -0.15) is 9.37 Å². The maximum atomic E-state index is 14.2. The van der Waals surface area contributed by atoms with E-state index in [9.17, 15) is 47.2 Å². The van der Waals surface area contributed by atoms with Crippen molar-refractivity contribution in [2.75, 3.05) is 15.7 Å². The van der Waals surface area contributed by atoms with E-state index in [0.29, 0.717) is 22.0 Å². The summed E-state index contributed by atoms with van der Waals surface area (Å²) in [6.45, 7) is 5.00. The third kappa shape index (κ3) is 7.65. The number of nitrogens with one attached hydrogen (secondary N) is 4. The zero-order valence-electron chi connectivity index (χ0n) is 27.3. The first kappa shape index (κ1) is 38.3. The van der Waals surface area contributed by atoms with E-state index in [4.69, 9.17) is 11.6 Å². The minimum absolute atomic E-state index is 0.0218. The molecule has 4 N–H and O–H groups in total. The molecule has 0 radical (unpaired) electrons. The third-order valence-electron chi connectivity index (χ3n) is 7.58. The number of pyridine rings is 1. The summed E-state index contributed by atoms with van der Waals surface area (Å²) in [5.41, 5.74) is 0.227. The summed E-state index contributed by atoms with van der Waals surface area (Å²) in [5, 5.41) is 0.936. The lowest BCUT2D eigenvalue weighted by Gasteiger charge is -2.09. The van der Waals surface area contributed by atoms with Crippen molar-refractivity contribution in [1.29, 1.82) is 0 Å². The van der Waals surface area contributed by atoms with Crippen LogP contribution in [0.4, 0.5) is 33.5 Å². The number of halogens is 6. The van der Waals surface area contributed by atoms with Crippen LogP contribution in [0.3, 0.4) is 0 Å². The molecule has 22 heteroatoms. The van der Waals surface area contributed by atoms with Crippen LogP contribution >= 0.6 is 11.6 Å². The smallest absolute Gasteiger partial charge is 0.395 e. The van der Waals surface area contributed by atoms with Crippen LogP contribution in [0.5, 0.6) is 11.5 Å². The van der Waals surface area contributed by atoms with Gasteiger partial charge in [-0.15, -0.1) is 8.78 Å². The number of H-pyrrole nitrogens is 2. The first-order valence-corrected chi connectivity index (χ1v) is 20.0. The Morgan fingerprint density at radius 2 is 1.35 bits per heavy atom. The van der Waals surface area contributed by atoms with Gasteiger partial charge in [-0.05, 0) is 48.9 Å². The summed E-state index contributed by atoms with van der Waals surface area (Å²) in [5.74, 6) is -5.02. The summed E-state index contributed by atoms with van der Waals surface area (Å²) in [7, 11) is -12.1. The largest absolute Gasteiger partial charge is 0.586 e. The summed E-state index contributed by atoms with van der Waals surface area (Å²) < 4.78 is 154. The lowest BCUT2D eigenvalue weighted by molar-refractivity contribution is -0.286. The normalized spacial score (nSPS) is 13.8. The topological polar surface area (TPSA) is 189 Å². The van der Waals surface area contributed by atoms with Gasteiger partial charge >= 0.3 is 6.29 Å². The lowest BCUT2D eigenvalue weighted by atomic mass is 10.1. The van der Waals surface area contributed by atoms with Gasteiger partial charge in [-0.25, -0.2) is 34.0 Å². The van der Waals surface area contributed by atoms with Crippen molar-refractivity contribution in [2.24, 2.45) is 0 Å². The van der Waals surface area contributed by atoms with Crippen LogP contribution in [-0.4, -0.2) is 52.8 Å². The van der Waals surface area contributed by atoms with Crippen molar-refractivity contribution < 1.29 is 56.7 Å². The molecule has 0 saturated heterocycles. The molecule has 54 heavy (non-hydrogen) atoms. The molecular weight excluding hydrogens is 809 g/mol. The van der Waals surface area contributed by atoms with Crippen molar-refractivity contribution in [3.05, 3.63) is 102 Å². The van der Waals surface area contributed by atoms with E-state index in [1.165, 1.54) is 43.5 Å². The number of hydrogen-bond acceptors (Lipinski definition) is 9. The predicted octanol–water partition coefficient (Wildman–Crippen LogP) is 7.16. The van der Waals surface area contributed by atoms with Crippen molar-refractivity contribution >= 4 is 80.4 Å². The Morgan fingerprint density at radius 1 is 0.796 bits per heavy atom. The SMILES string of the molecule is C=C(C)c1cc(F)c(NS(=O)(=O)c2c[nH]c3cc(Cl)ccc23)nc1F.CS(=O)(=O)c1ccc2c(S(=O)(=O)Nc3cc4c(cc3F)OC(F)(F)O4)c[nH]c2c1. The number of hydrogen-bond donors (Lipinski definition) is 4. The van der Waals surface area contributed by atoms with Gasteiger partial charge in [-0.3, -0.25) is 9.44 Å². The fourth-order valence-electron chi connectivity index (χ4n) is 5.09. The molecule has 0 unspecified atom stereocenters. The molecule has 0 amide bonds. The van der Waals surface area contributed by atoms with Crippen molar-refractivity contribution in [1.82, 2.24) is 15.0 Å². The highest BCUT2D eigenvalue weighted by Gasteiger charge is 2.44. The standard InChI is InChI=1S/C16H12ClF2N3O2S.C16H11F3N2O6S2/c1-8(2)11-6-12(18)16(21-15(11)19)22-25(23,24)14-7-20-13-5-9(17)3-4-10(13)14;1-28(22,23)8-2-3-9-11(4-8)20-7-15(9)29(24,25)21-12-6-14-13(5-10(12)17)26-16(18,19)27-14/h3-7,20H,1H2,2H3,(H,21,22);2-7,20-21H,1H3. The highest BCUT2D eigenvalue weighted by atomic mass is 35.5. The van der Waals surface area contributed by atoms with Crippen LogP contribution in [0.2, 0.25) is 5.02 Å². The zero-order chi connectivity index (χ0) is 39.5. The minimum Gasteiger partial charge on any atom is -0.395 e. The van der Waals surface area contributed by atoms with E-state index in [0.717, 1.165) is 24.6 Å². The highest BCUT2D eigenvalue weighted by Crippen LogP contribution is 2.44. The molecule has 0 saturated carbocycles. The summed E-state index contributed by atoms with van der Waals surface area (Å²) >= 11 is 5.86. The summed E-state index contributed by atoms with van der Waals surface area (Å²) in [6.07, 6.45) is -0.652. The molecule has 0 bridgehead atoms. The maximum Gasteiger partial charge on any atom is 0.586 e. The second kappa shape index (κ2) is 13.5. The van der Waals surface area contributed by atoms with Crippen LogP contribution in [0, 0.1) is 17.6 Å². The molecule has 0 atom stereocenters. The number of allylic oxidation sites excluding steroid dienone is 1. The van der Waals surface area contributed by atoms with Crippen LogP contribution in [0.25, 0.3) is 27.4 Å². The minimum atomic E-state index is -4.37. The van der Waals surface area contributed by atoms with E-state index in [-0.39, 0.29) is 36.7 Å². The van der Waals surface area contributed by atoms with Gasteiger partial charge in [-0.1, -0.05) is 24.2 Å². The fraction of sp³-hybridized carbons (Fsp3) is 0.0938. The number of ether oxygens (including phenoxy) is 2. The first-order chi connectivity index (χ1) is 25.0. The van der Waals surface area contributed by atoms with Gasteiger partial charge in [0.25, 0.3) is 20.0 Å². The van der Waals surface area contributed by atoms with E-state index in [1.54, 1.807) is 6.07 Å². The molecule has 6 aromatic rings. The Hall–Kier alpha value is -5.38. The number of aromatic amines is 2. The molecular formula is C32H23ClF5N5O8S3. The second-order valence-corrected chi connectivity index (χ2v) is 17.3. The quantitative estimate of drug-likeness (QED) is 0.0911. The van der Waals surface area contributed by atoms with E-state index in [1.807, 2.05) is 9.44 Å². The predicted molar refractivity (Wildman–Crippen MR) is 188 cm³/mol. The summed E-state index contributed by atoms with van der Waals surface area (Å²) in [4.78, 5) is 8.31. The Balaban J connectivity index is 0.000000186. The molecule has 3 aromatic carbocycles. The van der Waals surface area contributed by atoms with Crippen LogP contribution in [-0.2, 0) is 29.9 Å². The molecule has 0 spiro atoms. The van der Waals surface area contributed by atoms with Crippen LogP contribution < -0.4 is 18.9 Å². The fourth-order valence-corrected chi connectivity index (χ4v) is 8.34. The number of nitrogens with zero attached hydrogens (tertiary/aromatic N) is 1. The highest BCUT2D eigenvalue weighted by molar-refractivity contribution is 7.93. The third-order valence-corrected chi connectivity index (χ3v) is 11.7. The first-order valence-electron chi connectivity index (χ1n) is 14.8. The molecule has 4 heterocycles. The molecule has 0 aliphatic carbocycles. The Kier molecular flexibility index (Phi) is 9.57. The van der Waals surface area contributed by atoms with Gasteiger partial charge < -0.3 is 19.4 Å². The average Bonchev–Trinajstić information content (AvgIpc) is 3.76. The number of rotatable bonds is 8. The number of sulfone groups is 1. The Bertz CT molecular complexity index is 2870. The van der Waals surface area contributed by atoms with E-state index < -0.39 is 76.8 Å². The van der Waals surface area contributed by atoms with E-state index >= 15 is 0 Å². The molecule has 0 fully saturated rings. The van der Waals surface area contributed by atoms with Crippen LogP contribution in [0.15, 0.2) is 88.3 Å². The zero-order valence-corrected chi connectivity index (χ0v) is 30.5. The van der Waals surface area contributed by atoms with Crippen LogP contribution in [0.1, 0.15) is 12.5 Å². The van der Waals surface area contributed by atoms with Crippen molar-refractivity contribution in [2.45, 2.75) is 27.9 Å². The monoisotopic (exact) mass is 831 g/mol. The van der Waals surface area contributed by atoms with Gasteiger partial charge in [0.1, 0.15) is 9.79 Å². The second-order valence-electron chi connectivity index (χ2n) is 11.6. The number of fused-ring (bicyclic) bond motifs is 3. The van der Waals surface area contributed by atoms with E-state index in [2.05, 4.69) is 31.0 Å². The number of sulfonamides is 2. The Morgan fingerprint density at radius 3 is 1.94 bits per heavy atom.